The summed E-state index contributed by atoms with van der Waals surface area (Å²) in [6.45, 7) is 1.50. The standard InChI is InChI=1S/C13H17N3/c1-16(13-3-2-8-15-13)10-12-6-4-11(9-14)5-7-12/h2-8,15H,9-10,14H2,1H3. The predicted octanol–water partition coefficient (Wildman–Crippen LogP) is 2.11. The fourth-order valence-corrected chi connectivity index (χ4v) is 1.70. The minimum absolute atomic E-state index is 0.604. The smallest absolute Gasteiger partial charge is 0.105 e. The van der Waals surface area contributed by atoms with E-state index in [0.717, 1.165) is 12.4 Å². The van der Waals surface area contributed by atoms with Crippen molar-refractivity contribution in [2.24, 2.45) is 5.73 Å². The van der Waals surface area contributed by atoms with E-state index in [1.165, 1.54) is 11.1 Å². The monoisotopic (exact) mass is 215 g/mol. The number of hydrogen-bond acceptors (Lipinski definition) is 2. The Kier molecular flexibility index (Phi) is 3.27. The van der Waals surface area contributed by atoms with Gasteiger partial charge in [0.1, 0.15) is 5.82 Å². The van der Waals surface area contributed by atoms with Crippen molar-refractivity contribution in [1.82, 2.24) is 4.98 Å². The third-order valence-corrected chi connectivity index (χ3v) is 2.67. The molecule has 0 aliphatic carbocycles. The number of anilines is 1. The van der Waals surface area contributed by atoms with E-state index >= 15 is 0 Å². The van der Waals surface area contributed by atoms with Crippen LogP contribution in [0.25, 0.3) is 0 Å². The van der Waals surface area contributed by atoms with Gasteiger partial charge in [-0.25, -0.2) is 0 Å². The molecule has 3 nitrogen and oxygen atoms in total. The largest absolute Gasteiger partial charge is 0.357 e. The number of aromatic nitrogens is 1. The molecule has 0 radical (unpaired) electrons. The molecule has 0 aliphatic heterocycles. The molecular formula is C13H17N3. The zero-order chi connectivity index (χ0) is 11.4. The summed E-state index contributed by atoms with van der Waals surface area (Å²) in [6.07, 6.45) is 1.93. The average molecular weight is 215 g/mol. The zero-order valence-electron chi connectivity index (χ0n) is 9.48. The summed E-state index contributed by atoms with van der Waals surface area (Å²) in [7, 11) is 2.07. The summed E-state index contributed by atoms with van der Waals surface area (Å²) in [4.78, 5) is 5.36. The van der Waals surface area contributed by atoms with Crippen molar-refractivity contribution in [3.8, 4) is 0 Å². The van der Waals surface area contributed by atoms with Crippen LogP contribution in [-0.4, -0.2) is 12.0 Å². The Morgan fingerprint density at radius 3 is 2.38 bits per heavy atom. The molecule has 1 aromatic carbocycles. The Labute approximate surface area is 95.9 Å². The lowest BCUT2D eigenvalue weighted by molar-refractivity contribution is 0.902. The first-order valence-corrected chi connectivity index (χ1v) is 5.42. The van der Waals surface area contributed by atoms with E-state index in [9.17, 15) is 0 Å². The van der Waals surface area contributed by atoms with E-state index in [4.69, 9.17) is 5.73 Å². The van der Waals surface area contributed by atoms with Gasteiger partial charge in [-0.2, -0.15) is 0 Å². The summed E-state index contributed by atoms with van der Waals surface area (Å²) in [5.41, 5.74) is 8.02. The van der Waals surface area contributed by atoms with Crippen LogP contribution in [0.4, 0.5) is 5.82 Å². The molecule has 2 aromatic rings. The number of H-pyrrole nitrogens is 1. The molecule has 0 saturated carbocycles. The molecule has 0 saturated heterocycles. The van der Waals surface area contributed by atoms with Crippen LogP contribution in [0.5, 0.6) is 0 Å². The van der Waals surface area contributed by atoms with E-state index in [2.05, 4.69) is 47.3 Å². The molecule has 2 rings (SSSR count). The summed E-state index contributed by atoms with van der Waals surface area (Å²) >= 11 is 0. The molecule has 3 heteroatoms. The Balaban J connectivity index is 2.03. The number of nitrogens with two attached hydrogens (primary N) is 1. The first-order chi connectivity index (χ1) is 7.79. The van der Waals surface area contributed by atoms with Crippen LogP contribution in [0, 0.1) is 0 Å². The van der Waals surface area contributed by atoms with Crippen molar-refractivity contribution in [3.05, 3.63) is 53.7 Å². The van der Waals surface area contributed by atoms with Gasteiger partial charge >= 0.3 is 0 Å². The van der Waals surface area contributed by atoms with Crippen LogP contribution in [0.1, 0.15) is 11.1 Å². The topological polar surface area (TPSA) is 45.0 Å². The van der Waals surface area contributed by atoms with Gasteiger partial charge in [0.2, 0.25) is 0 Å². The van der Waals surface area contributed by atoms with Gasteiger partial charge < -0.3 is 15.6 Å². The van der Waals surface area contributed by atoms with Gasteiger partial charge in [-0.1, -0.05) is 24.3 Å². The number of nitrogens with one attached hydrogen (secondary N) is 1. The summed E-state index contributed by atoms with van der Waals surface area (Å²) in [5.74, 6) is 1.13. The highest BCUT2D eigenvalue weighted by molar-refractivity contribution is 5.38. The first-order valence-electron chi connectivity index (χ1n) is 5.42. The molecule has 1 heterocycles. The molecule has 0 amide bonds. The second-order valence-corrected chi connectivity index (χ2v) is 3.93. The lowest BCUT2D eigenvalue weighted by atomic mass is 10.1. The SMILES string of the molecule is CN(Cc1ccc(CN)cc1)c1ccc[nH]1. The maximum atomic E-state index is 5.56. The highest BCUT2D eigenvalue weighted by atomic mass is 15.2. The van der Waals surface area contributed by atoms with Crippen molar-refractivity contribution < 1.29 is 0 Å². The molecule has 0 aliphatic rings. The lowest BCUT2D eigenvalue weighted by Gasteiger charge is -2.17. The zero-order valence-corrected chi connectivity index (χ0v) is 9.48. The van der Waals surface area contributed by atoms with Crippen molar-refractivity contribution in [2.45, 2.75) is 13.1 Å². The highest BCUT2D eigenvalue weighted by Gasteiger charge is 2.01. The molecule has 0 unspecified atom stereocenters. The van der Waals surface area contributed by atoms with Gasteiger partial charge in [0.05, 0.1) is 0 Å². The fraction of sp³-hybridized carbons (Fsp3) is 0.231. The molecule has 0 atom stereocenters. The Morgan fingerprint density at radius 2 is 1.81 bits per heavy atom. The van der Waals surface area contributed by atoms with Crippen molar-refractivity contribution >= 4 is 5.82 Å². The lowest BCUT2D eigenvalue weighted by Crippen LogP contribution is -2.16. The first kappa shape index (κ1) is 10.8. The number of benzene rings is 1. The summed E-state index contributed by atoms with van der Waals surface area (Å²) in [6, 6.07) is 12.5. The Hall–Kier alpha value is -1.74. The quantitative estimate of drug-likeness (QED) is 0.820. The van der Waals surface area contributed by atoms with E-state index in [0.29, 0.717) is 6.54 Å². The van der Waals surface area contributed by atoms with Crippen LogP contribution in [0.15, 0.2) is 42.6 Å². The third-order valence-electron chi connectivity index (χ3n) is 2.67. The minimum Gasteiger partial charge on any atom is -0.357 e. The number of aromatic amines is 1. The average Bonchev–Trinajstić information content (AvgIpc) is 2.83. The second kappa shape index (κ2) is 4.86. The minimum atomic E-state index is 0.604. The van der Waals surface area contributed by atoms with Crippen LogP contribution < -0.4 is 10.6 Å². The van der Waals surface area contributed by atoms with E-state index < -0.39 is 0 Å². The third kappa shape index (κ3) is 2.44. The normalized spacial score (nSPS) is 10.4. The second-order valence-electron chi connectivity index (χ2n) is 3.93. The van der Waals surface area contributed by atoms with Crippen LogP contribution in [0.2, 0.25) is 0 Å². The molecule has 16 heavy (non-hydrogen) atoms. The number of hydrogen-bond donors (Lipinski definition) is 2. The Morgan fingerprint density at radius 1 is 1.12 bits per heavy atom. The van der Waals surface area contributed by atoms with E-state index in [-0.39, 0.29) is 0 Å². The van der Waals surface area contributed by atoms with Crippen molar-refractivity contribution in [2.75, 3.05) is 11.9 Å². The molecule has 3 N–H and O–H groups in total. The fourth-order valence-electron chi connectivity index (χ4n) is 1.70. The predicted molar refractivity (Wildman–Crippen MR) is 67.2 cm³/mol. The van der Waals surface area contributed by atoms with Gasteiger partial charge in [-0.3, -0.25) is 0 Å². The number of nitrogens with zero attached hydrogens (tertiary/aromatic N) is 1. The molecule has 1 aromatic heterocycles. The summed E-state index contributed by atoms with van der Waals surface area (Å²) in [5, 5.41) is 0. The molecule has 0 fully saturated rings. The van der Waals surface area contributed by atoms with Crippen LogP contribution in [-0.2, 0) is 13.1 Å². The van der Waals surface area contributed by atoms with E-state index in [1.54, 1.807) is 0 Å². The molecule has 0 spiro atoms. The maximum Gasteiger partial charge on any atom is 0.105 e. The molecular weight excluding hydrogens is 198 g/mol. The van der Waals surface area contributed by atoms with Crippen LogP contribution in [0.3, 0.4) is 0 Å². The van der Waals surface area contributed by atoms with Crippen molar-refractivity contribution in [3.63, 3.8) is 0 Å². The molecule has 84 valence electrons. The van der Waals surface area contributed by atoms with Gasteiger partial charge in [-0.15, -0.1) is 0 Å². The van der Waals surface area contributed by atoms with Crippen LogP contribution >= 0.6 is 0 Å². The van der Waals surface area contributed by atoms with E-state index in [1.807, 2.05) is 12.3 Å². The van der Waals surface area contributed by atoms with Crippen molar-refractivity contribution in [1.29, 1.82) is 0 Å². The Bertz CT molecular complexity index is 417. The van der Waals surface area contributed by atoms with Gasteiger partial charge in [0.25, 0.3) is 0 Å². The van der Waals surface area contributed by atoms with Gasteiger partial charge in [0, 0.05) is 26.3 Å². The van der Waals surface area contributed by atoms with Gasteiger partial charge in [-0.05, 0) is 23.3 Å². The summed E-state index contributed by atoms with van der Waals surface area (Å²) < 4.78 is 0. The molecule has 0 bridgehead atoms. The van der Waals surface area contributed by atoms with Gasteiger partial charge in [0.15, 0.2) is 0 Å². The number of rotatable bonds is 4. The maximum absolute atomic E-state index is 5.56. The highest BCUT2D eigenvalue weighted by Crippen LogP contribution is 2.12.